The van der Waals surface area contributed by atoms with Crippen LogP contribution in [0.5, 0.6) is 0 Å². The van der Waals surface area contributed by atoms with Gasteiger partial charge in [0.2, 0.25) is 5.91 Å². The number of aryl methyl sites for hydroxylation is 1. The number of hydrogen-bond donors (Lipinski definition) is 1. The molecular weight excluding hydrogens is 572 g/mol. The minimum absolute atomic E-state index is 0.0618. The van der Waals surface area contributed by atoms with Crippen LogP contribution in [0.1, 0.15) is 41.9 Å². The second-order valence-electron chi connectivity index (χ2n) is 10.3. The number of rotatable bonds is 5. The maximum atomic E-state index is 13.1. The standard InChI is InChI=1S/C30H31BrN6O3/c1-19-6-7-23-14-22(8-9-26(23)37(19)20(2)38)21-4-3-5-24(15-21)30(39)32-16-25-17-36-18-27(31)34-29(28(36)33-25)35-10-12-40-13-11-35/h3-5,8-9,14-15,17-19H,6-7,10-13,16H2,1-2H3,(H,32,39)/t19-/m0/s1. The van der Waals surface area contributed by atoms with E-state index < -0.39 is 0 Å². The highest BCUT2D eigenvalue weighted by Gasteiger charge is 2.26. The van der Waals surface area contributed by atoms with Crippen LogP contribution < -0.4 is 15.1 Å². The molecule has 1 atom stereocenters. The molecule has 2 amide bonds. The number of amides is 2. The van der Waals surface area contributed by atoms with E-state index in [1.165, 1.54) is 0 Å². The fraction of sp³-hybridized carbons (Fsp3) is 0.333. The molecule has 6 rings (SSSR count). The predicted molar refractivity (Wildman–Crippen MR) is 158 cm³/mol. The fourth-order valence-electron chi connectivity index (χ4n) is 5.60. The van der Waals surface area contributed by atoms with Crippen molar-refractivity contribution in [3.05, 3.63) is 76.3 Å². The summed E-state index contributed by atoms with van der Waals surface area (Å²) >= 11 is 3.51. The van der Waals surface area contributed by atoms with Gasteiger partial charge in [-0.3, -0.25) is 9.59 Å². The summed E-state index contributed by atoms with van der Waals surface area (Å²) in [4.78, 5) is 38.9. The zero-order chi connectivity index (χ0) is 27.8. The zero-order valence-electron chi connectivity index (χ0n) is 22.6. The van der Waals surface area contributed by atoms with E-state index >= 15 is 0 Å². The second-order valence-corrected chi connectivity index (χ2v) is 11.1. The van der Waals surface area contributed by atoms with Crippen LogP contribution in [-0.4, -0.2) is 58.5 Å². The summed E-state index contributed by atoms with van der Waals surface area (Å²) in [5.41, 5.74) is 6.21. The average molecular weight is 604 g/mol. The van der Waals surface area contributed by atoms with E-state index in [4.69, 9.17) is 9.72 Å². The Labute approximate surface area is 241 Å². The lowest BCUT2D eigenvalue weighted by Gasteiger charge is -2.34. The Hall–Kier alpha value is -3.76. The average Bonchev–Trinajstić information content (AvgIpc) is 3.38. The molecule has 2 aliphatic heterocycles. The molecule has 0 aliphatic carbocycles. The Bertz CT molecular complexity index is 1600. The first-order valence-electron chi connectivity index (χ1n) is 13.6. The van der Waals surface area contributed by atoms with Crippen LogP contribution >= 0.6 is 15.9 Å². The molecule has 0 saturated carbocycles. The molecule has 206 valence electrons. The number of halogens is 1. The molecule has 0 unspecified atom stereocenters. The number of fused-ring (bicyclic) bond motifs is 2. The normalized spacial score (nSPS) is 17.1. The molecule has 1 N–H and O–H groups in total. The molecule has 0 bridgehead atoms. The van der Waals surface area contributed by atoms with Crippen LogP contribution in [-0.2, 0) is 22.5 Å². The van der Waals surface area contributed by atoms with Crippen molar-refractivity contribution in [3.63, 3.8) is 0 Å². The van der Waals surface area contributed by atoms with Crippen LogP contribution in [0.3, 0.4) is 0 Å². The number of imidazole rings is 1. The number of carbonyl (C=O) groups excluding carboxylic acids is 2. The van der Waals surface area contributed by atoms with Gasteiger partial charge in [-0.1, -0.05) is 18.2 Å². The Morgan fingerprint density at radius 3 is 2.67 bits per heavy atom. The highest BCUT2D eigenvalue weighted by atomic mass is 79.9. The van der Waals surface area contributed by atoms with E-state index in [9.17, 15) is 9.59 Å². The van der Waals surface area contributed by atoms with E-state index in [0.29, 0.717) is 25.3 Å². The fourth-order valence-corrected chi connectivity index (χ4v) is 5.99. The number of aromatic nitrogens is 3. The quantitative estimate of drug-likeness (QED) is 0.358. The molecule has 2 aliphatic rings. The van der Waals surface area contributed by atoms with Gasteiger partial charge in [-0.25, -0.2) is 9.97 Å². The summed E-state index contributed by atoms with van der Waals surface area (Å²) in [6.45, 7) is 6.83. The van der Waals surface area contributed by atoms with Crippen LogP contribution in [0.25, 0.3) is 16.8 Å². The predicted octanol–water partition coefficient (Wildman–Crippen LogP) is 4.61. The minimum Gasteiger partial charge on any atom is -0.378 e. The van der Waals surface area contributed by atoms with Crippen molar-refractivity contribution in [1.82, 2.24) is 19.7 Å². The van der Waals surface area contributed by atoms with Crippen LogP contribution in [0.4, 0.5) is 11.5 Å². The molecule has 4 heterocycles. The number of nitrogens with zero attached hydrogens (tertiary/aromatic N) is 5. The van der Waals surface area contributed by atoms with Crippen molar-refractivity contribution >= 4 is 44.9 Å². The summed E-state index contributed by atoms with van der Waals surface area (Å²) in [5, 5.41) is 3.02. The van der Waals surface area contributed by atoms with Gasteiger partial charge in [0.15, 0.2) is 11.5 Å². The maximum absolute atomic E-state index is 13.1. The lowest BCUT2D eigenvalue weighted by atomic mass is 9.92. The number of hydrogen-bond acceptors (Lipinski definition) is 6. The van der Waals surface area contributed by atoms with Crippen molar-refractivity contribution in [2.24, 2.45) is 0 Å². The monoisotopic (exact) mass is 602 g/mol. The van der Waals surface area contributed by atoms with Gasteiger partial charge < -0.3 is 24.3 Å². The van der Waals surface area contributed by atoms with Crippen molar-refractivity contribution < 1.29 is 14.3 Å². The van der Waals surface area contributed by atoms with E-state index in [-0.39, 0.29) is 17.9 Å². The van der Waals surface area contributed by atoms with Gasteiger partial charge in [0.25, 0.3) is 5.91 Å². The first-order valence-corrected chi connectivity index (χ1v) is 14.3. The first-order chi connectivity index (χ1) is 19.4. The summed E-state index contributed by atoms with van der Waals surface area (Å²) < 4.78 is 8.14. The molecule has 2 aromatic carbocycles. The Balaban J connectivity index is 1.19. The summed E-state index contributed by atoms with van der Waals surface area (Å²) in [5.74, 6) is 0.696. The van der Waals surface area contributed by atoms with Crippen molar-refractivity contribution in [2.75, 3.05) is 36.1 Å². The maximum Gasteiger partial charge on any atom is 0.251 e. The van der Waals surface area contributed by atoms with Gasteiger partial charge in [0, 0.05) is 49.7 Å². The molecule has 2 aromatic heterocycles. The summed E-state index contributed by atoms with van der Waals surface area (Å²) in [7, 11) is 0. The Morgan fingerprint density at radius 2 is 1.88 bits per heavy atom. The van der Waals surface area contributed by atoms with Gasteiger partial charge in [0.05, 0.1) is 25.5 Å². The summed E-state index contributed by atoms with van der Waals surface area (Å²) in [6, 6.07) is 14.0. The molecular formula is C30H31BrN6O3. The van der Waals surface area contributed by atoms with Gasteiger partial charge in [-0.05, 0) is 76.7 Å². The van der Waals surface area contributed by atoms with E-state index in [1.807, 2.05) is 58.1 Å². The number of benzene rings is 2. The molecule has 1 saturated heterocycles. The molecule has 0 radical (unpaired) electrons. The smallest absolute Gasteiger partial charge is 0.251 e. The molecule has 9 nitrogen and oxygen atoms in total. The molecule has 10 heteroatoms. The lowest BCUT2D eigenvalue weighted by Crippen LogP contribution is -2.40. The van der Waals surface area contributed by atoms with Crippen molar-refractivity contribution in [3.8, 4) is 11.1 Å². The van der Waals surface area contributed by atoms with Gasteiger partial charge in [-0.15, -0.1) is 0 Å². The first kappa shape index (κ1) is 26.5. The van der Waals surface area contributed by atoms with Gasteiger partial charge in [-0.2, -0.15) is 0 Å². The van der Waals surface area contributed by atoms with Crippen molar-refractivity contribution in [2.45, 2.75) is 39.3 Å². The third-order valence-electron chi connectivity index (χ3n) is 7.59. The largest absolute Gasteiger partial charge is 0.378 e. The molecule has 4 aromatic rings. The zero-order valence-corrected chi connectivity index (χ0v) is 24.1. The third-order valence-corrected chi connectivity index (χ3v) is 7.97. The number of carbonyl (C=O) groups is 2. The van der Waals surface area contributed by atoms with E-state index in [2.05, 4.69) is 44.1 Å². The molecule has 40 heavy (non-hydrogen) atoms. The molecule has 0 spiro atoms. The Kier molecular flexibility index (Phi) is 7.29. The number of ether oxygens (including phenoxy) is 1. The van der Waals surface area contributed by atoms with E-state index in [0.717, 1.165) is 70.1 Å². The number of nitrogens with one attached hydrogen (secondary N) is 1. The highest BCUT2D eigenvalue weighted by Crippen LogP contribution is 2.34. The van der Waals surface area contributed by atoms with Gasteiger partial charge >= 0.3 is 0 Å². The van der Waals surface area contributed by atoms with E-state index in [1.54, 1.807) is 6.92 Å². The summed E-state index contributed by atoms with van der Waals surface area (Å²) in [6.07, 6.45) is 5.64. The molecule has 1 fully saturated rings. The van der Waals surface area contributed by atoms with Crippen LogP contribution in [0.15, 0.2) is 59.5 Å². The third kappa shape index (κ3) is 5.21. The lowest BCUT2D eigenvalue weighted by molar-refractivity contribution is -0.117. The SMILES string of the molecule is CC(=O)N1c2ccc(-c3cccc(C(=O)NCc4cn5cc(Br)nc(N6CCOCC6)c5n4)c3)cc2CC[C@@H]1C. The highest BCUT2D eigenvalue weighted by molar-refractivity contribution is 9.10. The number of morpholine rings is 1. The van der Waals surface area contributed by atoms with Crippen molar-refractivity contribution in [1.29, 1.82) is 0 Å². The van der Waals surface area contributed by atoms with Crippen LogP contribution in [0, 0.1) is 0 Å². The topological polar surface area (TPSA) is 92.1 Å². The second kappa shape index (κ2) is 11.0. The van der Waals surface area contributed by atoms with Gasteiger partial charge in [0.1, 0.15) is 4.60 Å². The minimum atomic E-state index is -0.166. The Morgan fingerprint density at radius 1 is 1.07 bits per heavy atom. The number of anilines is 2. The van der Waals surface area contributed by atoms with Crippen LogP contribution in [0.2, 0.25) is 0 Å².